The first kappa shape index (κ1) is 26.4. The van der Waals surface area contributed by atoms with Gasteiger partial charge in [-0.1, -0.05) is 6.07 Å². The van der Waals surface area contributed by atoms with Gasteiger partial charge >= 0.3 is 0 Å². The van der Waals surface area contributed by atoms with E-state index in [-0.39, 0.29) is 24.9 Å². The van der Waals surface area contributed by atoms with Gasteiger partial charge in [0.2, 0.25) is 5.91 Å². The van der Waals surface area contributed by atoms with Crippen LogP contribution in [0.5, 0.6) is 11.5 Å². The number of carbonyl (C=O) groups excluding carboxylic acids is 1. The first-order valence-corrected chi connectivity index (χ1v) is 12.5. The number of nitrogens with one attached hydrogen (secondary N) is 2. The van der Waals surface area contributed by atoms with E-state index >= 15 is 4.39 Å². The molecule has 1 fully saturated rings. The van der Waals surface area contributed by atoms with Crippen molar-refractivity contribution >= 4 is 23.1 Å². The number of morpholine rings is 1. The Morgan fingerprint density at radius 2 is 2.18 bits per heavy atom. The second-order valence-electron chi connectivity index (χ2n) is 8.95. The highest BCUT2D eigenvalue weighted by Crippen LogP contribution is 2.28. The van der Waals surface area contributed by atoms with Crippen LogP contribution in [0.2, 0.25) is 0 Å². The summed E-state index contributed by atoms with van der Waals surface area (Å²) in [6.07, 6.45) is 3.08. The number of halogens is 2. The van der Waals surface area contributed by atoms with Crippen molar-refractivity contribution in [1.29, 1.82) is 0 Å². The number of benzene rings is 2. The van der Waals surface area contributed by atoms with Crippen LogP contribution in [0, 0.1) is 11.6 Å². The van der Waals surface area contributed by atoms with Crippen LogP contribution in [0.25, 0.3) is 5.82 Å². The monoisotopic (exact) mass is 541 g/mol. The molecule has 0 unspecified atom stereocenters. The van der Waals surface area contributed by atoms with E-state index in [1.165, 1.54) is 27.9 Å². The maximum absolute atomic E-state index is 15.0. The third kappa shape index (κ3) is 5.94. The number of amides is 1. The van der Waals surface area contributed by atoms with Gasteiger partial charge in [0.25, 0.3) is 0 Å². The fraction of sp³-hybridized carbons (Fsp3) is 0.346. The average molecular weight is 542 g/mol. The van der Waals surface area contributed by atoms with Gasteiger partial charge in [-0.25, -0.2) is 8.78 Å². The highest BCUT2D eigenvalue weighted by Gasteiger charge is 2.25. The molecule has 0 radical (unpaired) electrons. The molecule has 1 aromatic heterocycles. The highest BCUT2D eigenvalue weighted by atomic mass is 19.2. The molecule has 206 valence electrons. The Morgan fingerprint density at radius 1 is 1.31 bits per heavy atom. The number of hydrogen-bond acceptors (Lipinski definition) is 9. The number of rotatable bonds is 10. The van der Waals surface area contributed by atoms with Gasteiger partial charge in [0.15, 0.2) is 11.6 Å². The molecule has 5 rings (SSSR count). The van der Waals surface area contributed by atoms with Crippen molar-refractivity contribution < 1.29 is 27.8 Å². The molecule has 1 saturated heterocycles. The number of nitrogens with zero attached hydrogens (tertiary/aromatic N) is 4. The lowest BCUT2D eigenvalue weighted by Crippen LogP contribution is -2.47. The number of fused-ring (bicyclic) bond motifs is 1. The van der Waals surface area contributed by atoms with E-state index in [9.17, 15) is 9.18 Å². The molecule has 1 atom stereocenters. The van der Waals surface area contributed by atoms with Crippen LogP contribution in [0.15, 0.2) is 47.7 Å². The van der Waals surface area contributed by atoms with Gasteiger partial charge in [-0.05, 0) is 19.1 Å². The van der Waals surface area contributed by atoms with Crippen LogP contribution in [-0.4, -0.2) is 61.4 Å². The average Bonchev–Trinajstić information content (AvgIpc) is 3.36. The highest BCUT2D eigenvalue weighted by molar-refractivity contribution is 5.78. The largest absolute Gasteiger partial charge is 0.494 e. The van der Waals surface area contributed by atoms with Crippen molar-refractivity contribution in [3.05, 3.63) is 64.9 Å². The number of nitrogens with two attached hydrogens (primary N) is 1. The predicted octanol–water partition coefficient (Wildman–Crippen LogP) is 0.688. The Hall–Kier alpha value is -4.23. The quantitative estimate of drug-likeness (QED) is 0.342. The number of carbonyl (C=O) groups is 1. The first-order valence-electron chi connectivity index (χ1n) is 12.5. The Balaban J connectivity index is 1.64. The van der Waals surface area contributed by atoms with E-state index < -0.39 is 17.5 Å². The van der Waals surface area contributed by atoms with Gasteiger partial charge in [0.1, 0.15) is 37.1 Å². The van der Waals surface area contributed by atoms with Crippen LogP contribution >= 0.6 is 0 Å². The van der Waals surface area contributed by atoms with E-state index in [1.54, 1.807) is 18.3 Å². The van der Waals surface area contributed by atoms with Crippen molar-refractivity contribution in [3.8, 4) is 11.5 Å². The van der Waals surface area contributed by atoms with E-state index in [0.29, 0.717) is 66.6 Å². The van der Waals surface area contributed by atoms with Crippen molar-refractivity contribution in [1.82, 2.24) is 15.1 Å². The zero-order valence-electron chi connectivity index (χ0n) is 21.3. The molecule has 0 saturated carbocycles. The lowest BCUT2D eigenvalue weighted by atomic mass is 10.2. The molecule has 11 nitrogen and oxygen atoms in total. The van der Waals surface area contributed by atoms with E-state index in [1.807, 2.05) is 6.92 Å². The Labute approximate surface area is 222 Å². The molecular weight excluding hydrogens is 512 g/mol. The zero-order valence-corrected chi connectivity index (χ0v) is 21.3. The Morgan fingerprint density at radius 3 is 2.95 bits per heavy atom. The van der Waals surface area contributed by atoms with Crippen LogP contribution in [-0.2, 0) is 16.1 Å². The number of hydrogen-bond donors (Lipinski definition) is 3. The molecule has 0 aliphatic carbocycles. The normalized spacial score (nSPS) is 16.8. The molecule has 3 aromatic rings. The maximum atomic E-state index is 15.0. The lowest BCUT2D eigenvalue weighted by Gasteiger charge is -2.30. The van der Waals surface area contributed by atoms with Crippen molar-refractivity contribution in [2.24, 2.45) is 10.7 Å². The second-order valence-corrected chi connectivity index (χ2v) is 8.95. The summed E-state index contributed by atoms with van der Waals surface area (Å²) in [6.45, 7) is 4.30. The summed E-state index contributed by atoms with van der Waals surface area (Å²) in [5.74, 6) is -1.19. The molecule has 1 amide bonds. The minimum absolute atomic E-state index is 0.0152. The molecule has 0 spiro atoms. The van der Waals surface area contributed by atoms with Crippen LogP contribution in [0.3, 0.4) is 0 Å². The van der Waals surface area contributed by atoms with Crippen LogP contribution in [0.1, 0.15) is 6.92 Å². The van der Waals surface area contributed by atoms with Crippen LogP contribution in [0.4, 0.5) is 20.2 Å². The molecule has 2 aliphatic heterocycles. The topological polar surface area (TPSA) is 128 Å². The Kier molecular flexibility index (Phi) is 7.89. The smallest absolute Gasteiger partial charge is 0.239 e. The number of anilines is 2. The van der Waals surface area contributed by atoms with Crippen LogP contribution < -0.4 is 41.3 Å². The maximum Gasteiger partial charge on any atom is 0.239 e. The van der Waals surface area contributed by atoms with Gasteiger partial charge in [-0.15, -0.1) is 0 Å². The molecular formula is C26H29F2N7O4. The Bertz CT molecular complexity index is 1470. The molecule has 13 heteroatoms. The van der Waals surface area contributed by atoms with Gasteiger partial charge < -0.3 is 35.5 Å². The predicted molar refractivity (Wildman–Crippen MR) is 139 cm³/mol. The molecule has 0 bridgehead atoms. The van der Waals surface area contributed by atoms with Crippen molar-refractivity contribution in [2.75, 3.05) is 49.9 Å². The molecule has 2 aliphatic rings. The number of ether oxygens (including phenoxy) is 3. The summed E-state index contributed by atoms with van der Waals surface area (Å²) in [5, 5.41) is 11.8. The third-order valence-corrected chi connectivity index (χ3v) is 6.13. The minimum Gasteiger partial charge on any atom is -0.494 e. The van der Waals surface area contributed by atoms with Gasteiger partial charge in [-0.3, -0.25) is 14.5 Å². The number of aromatic nitrogens is 2. The van der Waals surface area contributed by atoms with Gasteiger partial charge in [0.05, 0.1) is 54.0 Å². The van der Waals surface area contributed by atoms with E-state index in [0.717, 1.165) is 6.07 Å². The summed E-state index contributed by atoms with van der Waals surface area (Å²) in [5.41, 5.74) is 5.77. The molecule has 3 heterocycles. The van der Waals surface area contributed by atoms with Crippen molar-refractivity contribution in [2.45, 2.75) is 19.5 Å². The molecule has 2 aromatic carbocycles. The fourth-order valence-corrected chi connectivity index (χ4v) is 4.41. The zero-order chi connectivity index (χ0) is 27.4. The first-order chi connectivity index (χ1) is 18.9. The van der Waals surface area contributed by atoms with Gasteiger partial charge in [-0.2, -0.15) is 5.10 Å². The standard InChI is InChI=1S/C26H29F2N7O4/c1-2-38-18-8-20-24(22(9-18)39-14-17-13-37-7-6-30-17)26(33-16-10-32-34(11-16)12-23(29)36)35(15-31-20)21-5-3-4-19(27)25(21)28/h3-5,8-11,17,30,33H,2,6-7,12-15H2,1H3,(H2,29,36)/t17-/m1/s1. The summed E-state index contributed by atoms with van der Waals surface area (Å²) in [4.78, 5) is 17.5. The fourth-order valence-electron chi connectivity index (χ4n) is 4.41. The van der Waals surface area contributed by atoms with E-state index in [4.69, 9.17) is 19.9 Å². The summed E-state index contributed by atoms with van der Waals surface area (Å²) >= 11 is 0. The summed E-state index contributed by atoms with van der Waals surface area (Å²) in [6, 6.07) is 7.42. The number of primary amides is 1. The van der Waals surface area contributed by atoms with Gasteiger partial charge in [0, 0.05) is 24.9 Å². The van der Waals surface area contributed by atoms with Crippen molar-refractivity contribution in [3.63, 3.8) is 0 Å². The summed E-state index contributed by atoms with van der Waals surface area (Å²) < 4.78 is 48.3. The SMILES string of the molecule is CCOc1cc(OC[C@H]2COCCN2)c2c(c1)=NCN(c1cccc(F)c1F)C=2Nc1cnn(CC(N)=O)c1. The minimum atomic E-state index is -1.02. The third-order valence-electron chi connectivity index (χ3n) is 6.13. The molecule has 39 heavy (non-hydrogen) atoms. The second kappa shape index (κ2) is 11.7. The van der Waals surface area contributed by atoms with E-state index in [2.05, 4.69) is 20.7 Å². The summed E-state index contributed by atoms with van der Waals surface area (Å²) in [7, 11) is 0. The molecule has 4 N–H and O–H groups in total. The lowest BCUT2D eigenvalue weighted by molar-refractivity contribution is -0.118.